The second-order valence-corrected chi connectivity index (χ2v) is 7.75. The first-order valence-electron chi connectivity index (χ1n) is 9.57. The van der Waals surface area contributed by atoms with Crippen LogP contribution in [0.1, 0.15) is 50.5 Å². The molecule has 0 bridgehead atoms. The van der Waals surface area contributed by atoms with E-state index in [9.17, 15) is 14.4 Å². The molecule has 0 unspecified atom stereocenters. The van der Waals surface area contributed by atoms with Crippen molar-refractivity contribution in [2.45, 2.75) is 40.0 Å². The summed E-state index contributed by atoms with van der Waals surface area (Å²) in [6.07, 6.45) is 0. The molecule has 2 amide bonds. The molecule has 2 rings (SSSR count). The molecule has 154 valence electrons. The van der Waals surface area contributed by atoms with E-state index in [1.165, 1.54) is 17.4 Å². The summed E-state index contributed by atoms with van der Waals surface area (Å²) in [5.41, 5.74) is 2.79. The van der Waals surface area contributed by atoms with Gasteiger partial charge in [-0.3, -0.25) is 9.59 Å². The largest absolute Gasteiger partial charge is 0.462 e. The monoisotopic (exact) mass is 396 g/mol. The number of amides is 2. The lowest BCUT2D eigenvalue weighted by Crippen LogP contribution is -2.36. The molecule has 0 aliphatic rings. The van der Waals surface area contributed by atoms with Gasteiger partial charge in [-0.05, 0) is 54.3 Å². The molecule has 0 aliphatic heterocycles. The number of anilines is 2. The van der Waals surface area contributed by atoms with Gasteiger partial charge in [0.2, 0.25) is 11.8 Å². The summed E-state index contributed by atoms with van der Waals surface area (Å²) < 4.78 is 4.95. The highest BCUT2D eigenvalue weighted by Crippen LogP contribution is 2.23. The number of benzene rings is 2. The highest BCUT2D eigenvalue weighted by atomic mass is 16.5. The van der Waals surface area contributed by atoms with Crippen LogP contribution in [0.25, 0.3) is 0 Å². The summed E-state index contributed by atoms with van der Waals surface area (Å²) in [6, 6.07) is 14.1. The van der Waals surface area contributed by atoms with Crippen LogP contribution in [-0.4, -0.2) is 30.9 Å². The standard InChI is InChI=1S/C23H28N2O4/c1-6-29-22(28)17-7-13-20(14-8-17)25(16(2)26)15-21(27)24-19-11-9-18(10-12-19)23(3,4)5/h7-14H,6,15H2,1-5H3,(H,24,27). The molecule has 0 heterocycles. The number of ether oxygens (including phenoxy) is 1. The minimum absolute atomic E-state index is 0.0314. The average molecular weight is 396 g/mol. The van der Waals surface area contributed by atoms with Gasteiger partial charge < -0.3 is 15.0 Å². The van der Waals surface area contributed by atoms with Crippen molar-refractivity contribution in [2.24, 2.45) is 0 Å². The van der Waals surface area contributed by atoms with E-state index in [-0.39, 0.29) is 30.4 Å². The third-order valence-corrected chi connectivity index (χ3v) is 4.41. The Hall–Kier alpha value is -3.15. The van der Waals surface area contributed by atoms with Crippen molar-refractivity contribution in [3.8, 4) is 0 Å². The Balaban J connectivity index is 2.07. The van der Waals surface area contributed by atoms with Crippen LogP contribution in [0.2, 0.25) is 0 Å². The Morgan fingerprint density at radius 2 is 1.55 bits per heavy atom. The molecular formula is C23H28N2O4. The van der Waals surface area contributed by atoms with Crippen LogP contribution in [0.15, 0.2) is 48.5 Å². The zero-order valence-corrected chi connectivity index (χ0v) is 17.6. The summed E-state index contributed by atoms with van der Waals surface area (Å²) in [5.74, 6) is -1.00. The Morgan fingerprint density at radius 3 is 2.03 bits per heavy atom. The highest BCUT2D eigenvalue weighted by molar-refractivity contribution is 6.02. The zero-order valence-electron chi connectivity index (χ0n) is 17.6. The van der Waals surface area contributed by atoms with Crippen molar-refractivity contribution < 1.29 is 19.1 Å². The fraction of sp³-hybridized carbons (Fsp3) is 0.348. The maximum atomic E-state index is 12.5. The van der Waals surface area contributed by atoms with Gasteiger partial charge in [0.1, 0.15) is 6.54 Å². The van der Waals surface area contributed by atoms with Gasteiger partial charge in [0.25, 0.3) is 0 Å². The van der Waals surface area contributed by atoms with Gasteiger partial charge in [-0.15, -0.1) is 0 Å². The Kier molecular flexibility index (Phi) is 7.15. The van der Waals surface area contributed by atoms with Gasteiger partial charge in [0, 0.05) is 18.3 Å². The first-order chi connectivity index (χ1) is 13.6. The fourth-order valence-corrected chi connectivity index (χ4v) is 2.77. The van der Waals surface area contributed by atoms with Crippen LogP contribution < -0.4 is 10.2 Å². The predicted octanol–water partition coefficient (Wildman–Crippen LogP) is 4.15. The third kappa shape index (κ3) is 6.17. The Morgan fingerprint density at radius 1 is 0.966 bits per heavy atom. The average Bonchev–Trinajstić information content (AvgIpc) is 2.66. The van der Waals surface area contributed by atoms with E-state index in [2.05, 4.69) is 26.1 Å². The number of esters is 1. The topological polar surface area (TPSA) is 75.7 Å². The first-order valence-corrected chi connectivity index (χ1v) is 9.57. The van der Waals surface area contributed by atoms with Gasteiger partial charge in [-0.2, -0.15) is 0 Å². The molecule has 1 N–H and O–H groups in total. The van der Waals surface area contributed by atoms with Crippen molar-refractivity contribution >= 4 is 29.2 Å². The molecule has 0 aromatic heterocycles. The van der Waals surface area contributed by atoms with E-state index < -0.39 is 5.97 Å². The van der Waals surface area contributed by atoms with Crippen LogP contribution in [0.3, 0.4) is 0 Å². The van der Waals surface area contributed by atoms with Crippen LogP contribution in [-0.2, 0) is 19.7 Å². The Labute approximate surface area is 171 Å². The molecule has 0 fully saturated rings. The number of nitrogens with zero attached hydrogens (tertiary/aromatic N) is 1. The molecular weight excluding hydrogens is 368 g/mol. The SMILES string of the molecule is CCOC(=O)c1ccc(N(CC(=O)Nc2ccc(C(C)(C)C)cc2)C(C)=O)cc1. The number of hydrogen-bond donors (Lipinski definition) is 1. The maximum Gasteiger partial charge on any atom is 0.338 e. The van der Waals surface area contributed by atoms with E-state index in [0.717, 1.165) is 0 Å². The number of carbonyl (C=O) groups excluding carboxylic acids is 3. The second kappa shape index (κ2) is 9.37. The summed E-state index contributed by atoms with van der Waals surface area (Å²) in [4.78, 5) is 37.6. The molecule has 0 saturated heterocycles. The van der Waals surface area contributed by atoms with Crippen LogP contribution in [0.5, 0.6) is 0 Å². The van der Waals surface area contributed by atoms with Gasteiger partial charge in [0.15, 0.2) is 0 Å². The molecule has 6 nitrogen and oxygen atoms in total. The molecule has 0 atom stereocenters. The number of rotatable bonds is 6. The molecule has 2 aromatic rings. The van der Waals surface area contributed by atoms with Gasteiger partial charge in [-0.25, -0.2) is 4.79 Å². The van der Waals surface area contributed by atoms with Gasteiger partial charge >= 0.3 is 5.97 Å². The lowest BCUT2D eigenvalue weighted by molar-refractivity contribution is -0.120. The molecule has 0 aliphatic carbocycles. The van der Waals surface area contributed by atoms with Crippen LogP contribution in [0.4, 0.5) is 11.4 Å². The van der Waals surface area contributed by atoms with E-state index in [1.54, 1.807) is 31.2 Å². The smallest absolute Gasteiger partial charge is 0.338 e. The molecule has 0 saturated carbocycles. The van der Waals surface area contributed by atoms with Crippen molar-refractivity contribution in [2.75, 3.05) is 23.4 Å². The summed E-state index contributed by atoms with van der Waals surface area (Å²) >= 11 is 0. The lowest BCUT2D eigenvalue weighted by Gasteiger charge is -2.21. The van der Waals surface area contributed by atoms with Crippen LogP contribution in [0, 0.1) is 0 Å². The summed E-state index contributed by atoms with van der Waals surface area (Å²) in [6.45, 7) is 9.66. The third-order valence-electron chi connectivity index (χ3n) is 4.41. The van der Waals surface area contributed by atoms with E-state index >= 15 is 0 Å². The maximum absolute atomic E-state index is 12.5. The number of nitrogens with one attached hydrogen (secondary N) is 1. The van der Waals surface area contributed by atoms with Crippen molar-refractivity contribution in [3.63, 3.8) is 0 Å². The minimum atomic E-state index is -0.426. The zero-order chi connectivity index (χ0) is 21.6. The first kappa shape index (κ1) is 22.1. The van der Waals surface area contributed by atoms with E-state index in [1.807, 2.05) is 24.3 Å². The molecule has 0 spiro atoms. The van der Waals surface area contributed by atoms with Crippen molar-refractivity contribution in [3.05, 3.63) is 59.7 Å². The van der Waals surface area contributed by atoms with Crippen molar-refractivity contribution in [1.29, 1.82) is 0 Å². The van der Waals surface area contributed by atoms with E-state index in [4.69, 9.17) is 4.74 Å². The molecule has 29 heavy (non-hydrogen) atoms. The number of hydrogen-bond acceptors (Lipinski definition) is 4. The Bertz CT molecular complexity index is 865. The summed E-state index contributed by atoms with van der Waals surface area (Å²) in [5, 5.41) is 2.82. The molecule has 6 heteroatoms. The van der Waals surface area contributed by atoms with Gasteiger partial charge in [-0.1, -0.05) is 32.9 Å². The second-order valence-electron chi connectivity index (χ2n) is 7.75. The quantitative estimate of drug-likeness (QED) is 0.744. The predicted molar refractivity (Wildman–Crippen MR) is 114 cm³/mol. The molecule has 0 radical (unpaired) electrons. The van der Waals surface area contributed by atoms with Gasteiger partial charge in [0.05, 0.1) is 12.2 Å². The molecule has 2 aromatic carbocycles. The number of carbonyl (C=O) groups is 3. The normalized spacial score (nSPS) is 10.9. The highest BCUT2D eigenvalue weighted by Gasteiger charge is 2.18. The fourth-order valence-electron chi connectivity index (χ4n) is 2.77. The van der Waals surface area contributed by atoms with Crippen molar-refractivity contribution in [1.82, 2.24) is 0 Å². The summed E-state index contributed by atoms with van der Waals surface area (Å²) in [7, 11) is 0. The minimum Gasteiger partial charge on any atom is -0.462 e. The van der Waals surface area contributed by atoms with E-state index in [0.29, 0.717) is 16.9 Å². The van der Waals surface area contributed by atoms with Crippen LogP contribution >= 0.6 is 0 Å². The lowest BCUT2D eigenvalue weighted by atomic mass is 9.87.